The maximum absolute atomic E-state index is 13.3. The second-order valence-electron chi connectivity index (χ2n) is 6.65. The summed E-state index contributed by atoms with van der Waals surface area (Å²) >= 11 is 0. The predicted molar refractivity (Wildman–Crippen MR) is 91.4 cm³/mol. The molecule has 1 saturated carbocycles. The highest BCUT2D eigenvalue weighted by molar-refractivity contribution is 5.94. The van der Waals surface area contributed by atoms with Crippen LogP contribution in [0.2, 0.25) is 0 Å². The lowest BCUT2D eigenvalue weighted by atomic mass is 10.0. The number of carboxylic acids is 1. The zero-order chi connectivity index (χ0) is 18.5. The number of rotatable bonds is 4. The molecule has 3 aromatic rings. The summed E-state index contributed by atoms with van der Waals surface area (Å²) < 4.78 is 42.0. The van der Waals surface area contributed by atoms with Gasteiger partial charge in [0.1, 0.15) is 0 Å². The Bertz CT molecular complexity index is 1000. The fourth-order valence-corrected chi connectivity index (χ4v) is 3.47. The van der Waals surface area contributed by atoms with Gasteiger partial charge in [0.05, 0.1) is 11.1 Å². The number of aromatic nitrogens is 1. The average molecular weight is 359 g/mol. The van der Waals surface area contributed by atoms with Crippen molar-refractivity contribution in [1.29, 1.82) is 0 Å². The molecule has 134 valence electrons. The largest absolute Gasteiger partial charge is 0.478 e. The zero-order valence-electron chi connectivity index (χ0n) is 13.8. The molecule has 1 N–H and O–H groups in total. The van der Waals surface area contributed by atoms with Gasteiger partial charge in [-0.2, -0.15) is 13.2 Å². The SMILES string of the molecule is O=C(O)c1ccc2c(c1)cc(Cc1ccccc1C(F)(F)F)n2C1CC1. The molecule has 3 nitrogen and oxygen atoms in total. The fraction of sp³-hybridized carbons (Fsp3) is 0.250. The minimum Gasteiger partial charge on any atom is -0.478 e. The van der Waals surface area contributed by atoms with Crippen LogP contribution in [-0.2, 0) is 12.6 Å². The van der Waals surface area contributed by atoms with Crippen LogP contribution in [0.1, 0.15) is 46.1 Å². The third kappa shape index (κ3) is 2.96. The van der Waals surface area contributed by atoms with Crippen molar-refractivity contribution in [3.05, 3.63) is 70.9 Å². The first-order chi connectivity index (χ1) is 12.3. The molecule has 0 amide bonds. The van der Waals surface area contributed by atoms with Crippen molar-refractivity contribution in [3.63, 3.8) is 0 Å². The Morgan fingerprint density at radius 2 is 1.85 bits per heavy atom. The Morgan fingerprint density at radius 1 is 1.12 bits per heavy atom. The lowest BCUT2D eigenvalue weighted by molar-refractivity contribution is -0.138. The third-order valence-electron chi connectivity index (χ3n) is 4.77. The minimum absolute atomic E-state index is 0.156. The topological polar surface area (TPSA) is 42.2 Å². The molecule has 0 saturated heterocycles. The summed E-state index contributed by atoms with van der Waals surface area (Å²) in [7, 11) is 0. The maximum Gasteiger partial charge on any atom is 0.416 e. The van der Waals surface area contributed by atoms with Gasteiger partial charge in [-0.25, -0.2) is 4.79 Å². The number of carboxylic acid groups (broad SMARTS) is 1. The number of fused-ring (bicyclic) bond motifs is 1. The summed E-state index contributed by atoms with van der Waals surface area (Å²) in [5.41, 5.74) is 1.42. The molecule has 4 rings (SSSR count). The van der Waals surface area contributed by atoms with Gasteiger partial charge < -0.3 is 9.67 Å². The van der Waals surface area contributed by atoms with Crippen LogP contribution < -0.4 is 0 Å². The molecule has 0 spiro atoms. The molecular weight excluding hydrogens is 343 g/mol. The quantitative estimate of drug-likeness (QED) is 0.688. The molecule has 1 aliphatic rings. The van der Waals surface area contributed by atoms with E-state index in [1.807, 2.05) is 6.07 Å². The van der Waals surface area contributed by atoms with E-state index < -0.39 is 17.7 Å². The van der Waals surface area contributed by atoms with Crippen molar-refractivity contribution < 1.29 is 23.1 Å². The third-order valence-corrected chi connectivity index (χ3v) is 4.77. The lowest BCUT2D eigenvalue weighted by Crippen LogP contribution is -2.10. The fourth-order valence-electron chi connectivity index (χ4n) is 3.47. The molecule has 1 aliphatic carbocycles. The Morgan fingerprint density at radius 3 is 2.50 bits per heavy atom. The van der Waals surface area contributed by atoms with Gasteiger partial charge in [-0.15, -0.1) is 0 Å². The molecule has 26 heavy (non-hydrogen) atoms. The summed E-state index contributed by atoms with van der Waals surface area (Å²) in [6, 6.07) is 12.5. The van der Waals surface area contributed by atoms with Crippen LogP contribution in [0.25, 0.3) is 10.9 Å². The monoisotopic (exact) mass is 359 g/mol. The molecule has 6 heteroatoms. The number of hydrogen-bond donors (Lipinski definition) is 1. The number of alkyl halides is 3. The van der Waals surface area contributed by atoms with Crippen LogP contribution in [0.15, 0.2) is 48.5 Å². The normalized spacial score (nSPS) is 14.7. The lowest BCUT2D eigenvalue weighted by Gasteiger charge is -2.14. The van der Waals surface area contributed by atoms with Crippen molar-refractivity contribution in [3.8, 4) is 0 Å². The minimum atomic E-state index is -4.40. The molecule has 0 atom stereocenters. The van der Waals surface area contributed by atoms with Gasteiger partial charge in [-0.3, -0.25) is 0 Å². The van der Waals surface area contributed by atoms with Gasteiger partial charge in [0, 0.05) is 29.1 Å². The smallest absolute Gasteiger partial charge is 0.416 e. The van der Waals surface area contributed by atoms with Gasteiger partial charge in [0.25, 0.3) is 0 Å². The van der Waals surface area contributed by atoms with Crippen molar-refractivity contribution in [2.75, 3.05) is 0 Å². The number of aromatic carboxylic acids is 1. The predicted octanol–water partition coefficient (Wildman–Crippen LogP) is 5.28. The second-order valence-corrected chi connectivity index (χ2v) is 6.65. The molecule has 0 bridgehead atoms. The zero-order valence-corrected chi connectivity index (χ0v) is 13.8. The molecular formula is C20H16F3NO2. The number of nitrogens with zero attached hydrogens (tertiary/aromatic N) is 1. The molecule has 0 aliphatic heterocycles. The summed E-state index contributed by atoms with van der Waals surface area (Å²) in [5.74, 6) is -1.02. The average Bonchev–Trinajstić information content (AvgIpc) is 3.35. The highest BCUT2D eigenvalue weighted by atomic mass is 19.4. The number of halogens is 3. The van der Waals surface area contributed by atoms with E-state index in [-0.39, 0.29) is 23.6 Å². The van der Waals surface area contributed by atoms with Crippen LogP contribution in [0, 0.1) is 0 Å². The van der Waals surface area contributed by atoms with Crippen LogP contribution >= 0.6 is 0 Å². The number of carbonyl (C=O) groups is 1. The van der Waals surface area contributed by atoms with Crippen molar-refractivity contribution in [2.24, 2.45) is 0 Å². The van der Waals surface area contributed by atoms with E-state index in [9.17, 15) is 23.1 Å². The highest BCUT2D eigenvalue weighted by Gasteiger charge is 2.34. The number of hydrogen-bond acceptors (Lipinski definition) is 1. The first-order valence-corrected chi connectivity index (χ1v) is 8.37. The molecule has 0 radical (unpaired) electrons. The van der Waals surface area contributed by atoms with E-state index >= 15 is 0 Å². The van der Waals surface area contributed by atoms with Crippen molar-refractivity contribution >= 4 is 16.9 Å². The van der Waals surface area contributed by atoms with Gasteiger partial charge in [-0.1, -0.05) is 18.2 Å². The number of benzene rings is 2. The van der Waals surface area contributed by atoms with Crippen LogP contribution in [0.4, 0.5) is 13.2 Å². The second kappa shape index (κ2) is 5.90. The van der Waals surface area contributed by atoms with E-state index in [0.29, 0.717) is 0 Å². The summed E-state index contributed by atoms with van der Waals surface area (Å²) in [5, 5.41) is 9.92. The highest BCUT2D eigenvalue weighted by Crippen LogP contribution is 2.41. The van der Waals surface area contributed by atoms with Crippen LogP contribution in [0.5, 0.6) is 0 Å². The van der Waals surface area contributed by atoms with Crippen molar-refractivity contribution in [1.82, 2.24) is 4.57 Å². The maximum atomic E-state index is 13.3. The van der Waals surface area contributed by atoms with Crippen LogP contribution in [-0.4, -0.2) is 15.6 Å². The molecule has 2 aromatic carbocycles. The Hall–Kier alpha value is -2.76. The summed E-state index contributed by atoms with van der Waals surface area (Å²) in [6.45, 7) is 0. The summed E-state index contributed by atoms with van der Waals surface area (Å²) in [6.07, 6.45) is -2.27. The molecule has 0 unspecified atom stereocenters. The van der Waals surface area contributed by atoms with E-state index in [4.69, 9.17) is 0 Å². The van der Waals surface area contributed by atoms with Gasteiger partial charge in [0.15, 0.2) is 0 Å². The van der Waals surface area contributed by atoms with Gasteiger partial charge in [0.2, 0.25) is 0 Å². The first-order valence-electron chi connectivity index (χ1n) is 8.37. The van der Waals surface area contributed by atoms with E-state index in [0.717, 1.165) is 35.5 Å². The molecule has 1 aromatic heterocycles. The van der Waals surface area contributed by atoms with Crippen molar-refractivity contribution in [2.45, 2.75) is 31.5 Å². The van der Waals surface area contributed by atoms with E-state index in [1.54, 1.807) is 18.2 Å². The van der Waals surface area contributed by atoms with E-state index in [1.165, 1.54) is 18.2 Å². The van der Waals surface area contributed by atoms with Gasteiger partial charge in [-0.05, 0) is 48.7 Å². The van der Waals surface area contributed by atoms with Crippen LogP contribution in [0.3, 0.4) is 0 Å². The Labute approximate surface area is 147 Å². The molecule has 1 fully saturated rings. The summed E-state index contributed by atoms with van der Waals surface area (Å²) in [4.78, 5) is 11.2. The standard InChI is InChI=1S/C20H16F3NO2/c21-20(22,23)17-4-2-1-3-12(17)10-16-11-14-9-13(19(25)26)5-8-18(14)24(16)15-6-7-15/h1-5,8-9,11,15H,6-7,10H2,(H,25,26). The Kier molecular flexibility index (Phi) is 3.79. The Balaban J connectivity index is 1.82. The van der Waals surface area contributed by atoms with E-state index in [2.05, 4.69) is 4.57 Å². The first kappa shape index (κ1) is 16.7. The van der Waals surface area contributed by atoms with Gasteiger partial charge >= 0.3 is 12.1 Å². The molecule has 1 heterocycles.